The van der Waals surface area contributed by atoms with Gasteiger partial charge in [0.05, 0.1) is 7.11 Å². The summed E-state index contributed by atoms with van der Waals surface area (Å²) in [6, 6.07) is 14.0. The Morgan fingerprint density at radius 1 is 1.24 bits per heavy atom. The number of rotatable bonds is 4. The van der Waals surface area contributed by atoms with E-state index in [9.17, 15) is 0 Å². The molecule has 1 N–H and O–H groups in total. The monoisotopic (exact) mass is 362 g/mol. The van der Waals surface area contributed by atoms with Crippen LogP contribution in [0.25, 0.3) is 0 Å². The van der Waals surface area contributed by atoms with Crippen molar-refractivity contribution in [2.45, 2.75) is 10.6 Å². The van der Waals surface area contributed by atoms with Gasteiger partial charge in [0.2, 0.25) is 0 Å². The molecule has 2 nitrogen and oxygen atoms in total. The van der Waals surface area contributed by atoms with Crippen LogP contribution in [0.5, 0.6) is 5.75 Å². The molecule has 0 unspecified atom stereocenters. The van der Waals surface area contributed by atoms with Gasteiger partial charge in [0.1, 0.15) is 12.4 Å². The molecular weight excluding hydrogens is 348 g/mol. The third-order valence-electron chi connectivity index (χ3n) is 2.80. The standard InChI is InChI=1S/C17H15BrO2S/c1-20-16-8-7-13(4-3-9-19)14(10-16)12-21-17-6-2-5-15(18)11-17/h2,5-8,10-11,19H,9,12H2,1H3. The Bertz CT molecular complexity index is 674. The largest absolute Gasteiger partial charge is 0.497 e. The van der Waals surface area contributed by atoms with Crippen LogP contribution in [0.15, 0.2) is 51.8 Å². The lowest BCUT2D eigenvalue weighted by Gasteiger charge is -2.08. The van der Waals surface area contributed by atoms with Gasteiger partial charge >= 0.3 is 0 Å². The SMILES string of the molecule is COc1ccc(C#CCO)c(CSc2cccc(Br)c2)c1. The van der Waals surface area contributed by atoms with E-state index in [4.69, 9.17) is 9.84 Å². The normalized spacial score (nSPS) is 9.86. The molecule has 4 heteroatoms. The molecule has 0 aliphatic rings. The highest BCUT2D eigenvalue weighted by atomic mass is 79.9. The van der Waals surface area contributed by atoms with Crippen molar-refractivity contribution >= 4 is 27.7 Å². The minimum atomic E-state index is -0.135. The van der Waals surface area contributed by atoms with Crippen LogP contribution in [0, 0.1) is 11.8 Å². The average molecular weight is 363 g/mol. The summed E-state index contributed by atoms with van der Waals surface area (Å²) in [5.41, 5.74) is 2.02. The van der Waals surface area contributed by atoms with E-state index < -0.39 is 0 Å². The molecule has 0 heterocycles. The summed E-state index contributed by atoms with van der Waals surface area (Å²) in [5.74, 6) is 7.29. The van der Waals surface area contributed by atoms with Gasteiger partial charge in [-0.05, 0) is 42.0 Å². The summed E-state index contributed by atoms with van der Waals surface area (Å²) in [4.78, 5) is 1.19. The summed E-state index contributed by atoms with van der Waals surface area (Å²) < 4.78 is 6.34. The van der Waals surface area contributed by atoms with Crippen molar-refractivity contribution < 1.29 is 9.84 Å². The zero-order valence-electron chi connectivity index (χ0n) is 11.6. The fourth-order valence-electron chi connectivity index (χ4n) is 1.79. The molecule has 0 bridgehead atoms. The van der Waals surface area contributed by atoms with Crippen LogP contribution in [0.4, 0.5) is 0 Å². The molecule has 0 aromatic heterocycles. The summed E-state index contributed by atoms with van der Waals surface area (Å²) in [5, 5.41) is 8.85. The van der Waals surface area contributed by atoms with Gasteiger partial charge in [-0.25, -0.2) is 0 Å². The van der Waals surface area contributed by atoms with Gasteiger partial charge in [-0.1, -0.05) is 33.8 Å². The van der Waals surface area contributed by atoms with Gasteiger partial charge in [0.15, 0.2) is 0 Å². The lowest BCUT2D eigenvalue weighted by atomic mass is 10.1. The van der Waals surface area contributed by atoms with Crippen LogP contribution in [0.2, 0.25) is 0 Å². The average Bonchev–Trinajstić information content (AvgIpc) is 2.51. The molecule has 0 spiro atoms. The topological polar surface area (TPSA) is 29.5 Å². The van der Waals surface area contributed by atoms with Crippen molar-refractivity contribution in [3.05, 3.63) is 58.1 Å². The van der Waals surface area contributed by atoms with Crippen LogP contribution in [0.3, 0.4) is 0 Å². The number of aliphatic hydroxyl groups excluding tert-OH is 1. The zero-order valence-corrected chi connectivity index (χ0v) is 14.0. The first kappa shape index (κ1) is 16.0. The number of methoxy groups -OCH3 is 1. The van der Waals surface area contributed by atoms with E-state index in [2.05, 4.69) is 39.9 Å². The molecule has 0 radical (unpaired) electrons. The molecule has 108 valence electrons. The van der Waals surface area contributed by atoms with Crippen molar-refractivity contribution in [2.24, 2.45) is 0 Å². The van der Waals surface area contributed by atoms with Crippen LogP contribution in [-0.4, -0.2) is 18.8 Å². The van der Waals surface area contributed by atoms with E-state index in [0.29, 0.717) is 0 Å². The molecular formula is C17H15BrO2S. The van der Waals surface area contributed by atoms with E-state index in [1.54, 1.807) is 18.9 Å². The Kier molecular flexibility index (Phi) is 6.19. The number of benzene rings is 2. The third-order valence-corrected chi connectivity index (χ3v) is 4.34. The fourth-order valence-corrected chi connectivity index (χ4v) is 3.29. The first-order valence-electron chi connectivity index (χ1n) is 6.38. The number of thioether (sulfide) groups is 1. The maximum Gasteiger partial charge on any atom is 0.119 e. The Labute approximate surface area is 137 Å². The lowest BCUT2D eigenvalue weighted by Crippen LogP contribution is -1.91. The van der Waals surface area contributed by atoms with Gasteiger partial charge in [0.25, 0.3) is 0 Å². The van der Waals surface area contributed by atoms with Crippen molar-refractivity contribution in [1.29, 1.82) is 0 Å². The maximum atomic E-state index is 8.85. The zero-order chi connectivity index (χ0) is 15.1. The molecule has 0 aliphatic carbocycles. The third kappa shape index (κ3) is 4.82. The van der Waals surface area contributed by atoms with E-state index in [0.717, 1.165) is 27.1 Å². The molecule has 0 saturated carbocycles. The minimum Gasteiger partial charge on any atom is -0.497 e. The Morgan fingerprint density at radius 3 is 2.81 bits per heavy atom. The second-order valence-corrected chi connectivity index (χ2v) is 6.19. The fraction of sp³-hybridized carbons (Fsp3) is 0.176. The number of aliphatic hydroxyl groups is 1. The van der Waals surface area contributed by atoms with Gasteiger partial charge in [-0.2, -0.15) is 0 Å². The summed E-state index contributed by atoms with van der Waals surface area (Å²) in [6.45, 7) is -0.135. The molecule has 2 aromatic carbocycles. The molecule has 2 aromatic rings. The van der Waals surface area contributed by atoms with Gasteiger partial charge < -0.3 is 9.84 Å². The number of ether oxygens (including phenoxy) is 1. The minimum absolute atomic E-state index is 0.135. The van der Waals surface area contributed by atoms with Crippen LogP contribution in [-0.2, 0) is 5.75 Å². The van der Waals surface area contributed by atoms with E-state index >= 15 is 0 Å². The molecule has 0 atom stereocenters. The molecule has 0 saturated heterocycles. The van der Waals surface area contributed by atoms with Crippen molar-refractivity contribution in [3.8, 4) is 17.6 Å². The number of hydrogen-bond acceptors (Lipinski definition) is 3. The van der Waals surface area contributed by atoms with E-state index in [1.165, 1.54) is 4.90 Å². The molecule has 21 heavy (non-hydrogen) atoms. The second kappa shape index (κ2) is 8.14. The number of hydrogen-bond donors (Lipinski definition) is 1. The van der Waals surface area contributed by atoms with Crippen LogP contribution < -0.4 is 4.74 Å². The van der Waals surface area contributed by atoms with E-state index in [1.807, 2.05) is 30.3 Å². The Morgan fingerprint density at radius 2 is 2.10 bits per heavy atom. The predicted octanol–water partition coefficient (Wildman–Crippen LogP) is 4.09. The summed E-state index contributed by atoms with van der Waals surface area (Å²) in [6.07, 6.45) is 0. The quantitative estimate of drug-likeness (QED) is 0.655. The van der Waals surface area contributed by atoms with Crippen molar-refractivity contribution in [2.75, 3.05) is 13.7 Å². The molecule has 0 amide bonds. The van der Waals surface area contributed by atoms with Crippen LogP contribution >= 0.6 is 27.7 Å². The van der Waals surface area contributed by atoms with Gasteiger partial charge in [-0.15, -0.1) is 11.8 Å². The first-order valence-corrected chi connectivity index (χ1v) is 8.16. The molecule has 0 aliphatic heterocycles. The maximum absolute atomic E-state index is 8.85. The predicted molar refractivity (Wildman–Crippen MR) is 90.7 cm³/mol. The van der Waals surface area contributed by atoms with Gasteiger partial charge in [-0.3, -0.25) is 0 Å². The van der Waals surface area contributed by atoms with Crippen molar-refractivity contribution in [3.63, 3.8) is 0 Å². The van der Waals surface area contributed by atoms with E-state index in [-0.39, 0.29) is 6.61 Å². The lowest BCUT2D eigenvalue weighted by molar-refractivity contribution is 0.350. The second-order valence-electron chi connectivity index (χ2n) is 4.23. The highest BCUT2D eigenvalue weighted by Crippen LogP contribution is 2.28. The Balaban J connectivity index is 2.20. The first-order chi connectivity index (χ1) is 10.2. The number of halogens is 1. The van der Waals surface area contributed by atoms with Crippen molar-refractivity contribution in [1.82, 2.24) is 0 Å². The summed E-state index contributed by atoms with van der Waals surface area (Å²) >= 11 is 5.22. The smallest absolute Gasteiger partial charge is 0.119 e. The highest BCUT2D eigenvalue weighted by Gasteiger charge is 2.04. The molecule has 0 fully saturated rings. The highest BCUT2D eigenvalue weighted by molar-refractivity contribution is 9.10. The van der Waals surface area contributed by atoms with Gasteiger partial charge in [0, 0.05) is 20.7 Å². The van der Waals surface area contributed by atoms with Crippen LogP contribution in [0.1, 0.15) is 11.1 Å². The Hall–Kier alpha value is -1.41. The molecule has 2 rings (SSSR count). The summed E-state index contributed by atoms with van der Waals surface area (Å²) in [7, 11) is 1.65.